The van der Waals surface area contributed by atoms with Gasteiger partial charge in [-0.25, -0.2) is 15.0 Å². The first-order valence-corrected chi connectivity index (χ1v) is 24.1. The van der Waals surface area contributed by atoms with Gasteiger partial charge in [-0.15, -0.1) is 11.3 Å². The third-order valence-corrected chi connectivity index (χ3v) is 14.8. The lowest BCUT2D eigenvalue weighted by molar-refractivity contribution is 1.06. The number of para-hydroxylation sites is 3. The molecule has 0 saturated carbocycles. The first kappa shape index (κ1) is 39.2. The minimum absolute atomic E-state index is 0.610. The predicted molar refractivity (Wildman–Crippen MR) is 289 cm³/mol. The third kappa shape index (κ3) is 6.34. The first-order valence-electron chi connectivity index (χ1n) is 23.3. The smallest absolute Gasteiger partial charge is 0.166 e. The fraction of sp³-hybridized carbons (Fsp3) is 0. The van der Waals surface area contributed by atoms with Gasteiger partial charge in [0.25, 0.3) is 0 Å². The Kier molecular flexibility index (Phi) is 9.00. The number of thiophene rings is 1. The molecule has 14 rings (SSSR count). The van der Waals surface area contributed by atoms with Crippen LogP contribution >= 0.6 is 11.3 Å². The minimum atomic E-state index is 0.610. The Morgan fingerprint density at radius 2 is 0.739 bits per heavy atom. The van der Waals surface area contributed by atoms with E-state index in [2.05, 4.69) is 221 Å². The van der Waals surface area contributed by atoms with Crippen LogP contribution in [0.4, 0.5) is 0 Å². The van der Waals surface area contributed by atoms with Crippen molar-refractivity contribution in [3.8, 4) is 67.8 Å². The van der Waals surface area contributed by atoms with E-state index < -0.39 is 0 Å². The van der Waals surface area contributed by atoms with Crippen LogP contribution < -0.4 is 0 Å². The highest BCUT2D eigenvalue weighted by atomic mass is 32.1. The standard InChI is InChI=1S/C63H39N5S/c1-4-17-40(18-5-1)42-31-33-46(34-32-42)67-54-28-13-10-25-47(54)49-35-37-51-52-38-36-50-48-26-11-14-29-55(48)68(58(50)60(52)69-59(51)57(49)67)56-30-15-12-27-53(56)63-65-61(43-21-8-3-9-22-43)64-62(66-63)45-24-16-23-44(39-45)41-19-6-2-7-20-41/h1-39H. The number of nitrogens with zero attached hydrogens (tertiary/aromatic N) is 5. The van der Waals surface area contributed by atoms with Crippen molar-refractivity contribution >= 4 is 75.1 Å². The molecule has 0 aliphatic rings. The number of aromatic nitrogens is 5. The second-order valence-corrected chi connectivity index (χ2v) is 18.6. The molecule has 69 heavy (non-hydrogen) atoms. The molecule has 0 bridgehead atoms. The number of hydrogen-bond acceptors (Lipinski definition) is 4. The van der Waals surface area contributed by atoms with E-state index in [0.29, 0.717) is 17.5 Å². The predicted octanol–water partition coefficient (Wildman–Crippen LogP) is 16.8. The van der Waals surface area contributed by atoms with Gasteiger partial charge in [0, 0.05) is 54.7 Å². The molecule has 5 nitrogen and oxygen atoms in total. The quantitative estimate of drug-likeness (QED) is 0.160. The van der Waals surface area contributed by atoms with E-state index in [-0.39, 0.29) is 0 Å². The summed E-state index contributed by atoms with van der Waals surface area (Å²) in [4.78, 5) is 15.8. The summed E-state index contributed by atoms with van der Waals surface area (Å²) in [5.74, 6) is 1.85. The molecular weight excluding hydrogens is 859 g/mol. The van der Waals surface area contributed by atoms with Crippen molar-refractivity contribution in [2.45, 2.75) is 0 Å². The van der Waals surface area contributed by atoms with Gasteiger partial charge in [0.1, 0.15) is 0 Å². The fourth-order valence-corrected chi connectivity index (χ4v) is 11.8. The second kappa shape index (κ2) is 15.8. The maximum Gasteiger partial charge on any atom is 0.166 e. The van der Waals surface area contributed by atoms with Gasteiger partial charge < -0.3 is 9.13 Å². The molecule has 10 aromatic carbocycles. The van der Waals surface area contributed by atoms with Crippen LogP contribution in [-0.2, 0) is 0 Å². The summed E-state index contributed by atoms with van der Waals surface area (Å²) in [6, 6.07) is 84.3. The van der Waals surface area contributed by atoms with E-state index in [0.717, 1.165) is 44.7 Å². The molecule has 0 aliphatic heterocycles. The van der Waals surface area contributed by atoms with Crippen LogP contribution in [-0.4, -0.2) is 24.1 Å². The van der Waals surface area contributed by atoms with Crippen LogP contribution in [0.3, 0.4) is 0 Å². The molecule has 322 valence electrons. The van der Waals surface area contributed by atoms with E-state index in [1.807, 2.05) is 35.6 Å². The largest absolute Gasteiger partial charge is 0.308 e. The van der Waals surface area contributed by atoms with Crippen LogP contribution in [0.2, 0.25) is 0 Å². The molecule has 4 aromatic heterocycles. The lowest BCUT2D eigenvalue weighted by atomic mass is 10.0. The molecule has 0 fully saturated rings. The molecule has 0 saturated heterocycles. The summed E-state index contributed by atoms with van der Waals surface area (Å²) in [7, 11) is 0. The Hall–Kier alpha value is -8.97. The molecule has 0 atom stereocenters. The van der Waals surface area contributed by atoms with Gasteiger partial charge in [-0.3, -0.25) is 0 Å². The molecule has 4 heterocycles. The summed E-state index contributed by atoms with van der Waals surface area (Å²) >= 11 is 1.89. The van der Waals surface area contributed by atoms with E-state index in [4.69, 9.17) is 15.0 Å². The highest BCUT2D eigenvalue weighted by Gasteiger charge is 2.24. The zero-order valence-corrected chi connectivity index (χ0v) is 38.0. The van der Waals surface area contributed by atoms with Crippen molar-refractivity contribution in [1.29, 1.82) is 0 Å². The normalized spacial score (nSPS) is 11.8. The van der Waals surface area contributed by atoms with E-state index in [1.54, 1.807) is 0 Å². The van der Waals surface area contributed by atoms with Crippen molar-refractivity contribution in [2.24, 2.45) is 0 Å². The van der Waals surface area contributed by atoms with Gasteiger partial charge in [0.15, 0.2) is 17.5 Å². The van der Waals surface area contributed by atoms with Gasteiger partial charge in [-0.1, -0.05) is 194 Å². The van der Waals surface area contributed by atoms with Crippen molar-refractivity contribution in [3.05, 3.63) is 237 Å². The van der Waals surface area contributed by atoms with Crippen LogP contribution in [0.5, 0.6) is 0 Å². The lowest BCUT2D eigenvalue weighted by Gasteiger charge is -2.15. The van der Waals surface area contributed by atoms with E-state index >= 15 is 0 Å². The minimum Gasteiger partial charge on any atom is -0.308 e. The molecule has 0 aliphatic carbocycles. The Bertz CT molecular complexity index is 4280. The van der Waals surface area contributed by atoms with Crippen LogP contribution in [0.1, 0.15) is 0 Å². The monoisotopic (exact) mass is 897 g/mol. The van der Waals surface area contributed by atoms with Crippen molar-refractivity contribution in [2.75, 3.05) is 0 Å². The van der Waals surface area contributed by atoms with E-state index in [9.17, 15) is 0 Å². The average molecular weight is 898 g/mol. The second-order valence-electron chi connectivity index (χ2n) is 17.5. The van der Waals surface area contributed by atoms with Gasteiger partial charge in [0.2, 0.25) is 0 Å². The molecule has 0 N–H and O–H groups in total. The third-order valence-electron chi connectivity index (χ3n) is 13.6. The molecule has 0 unspecified atom stereocenters. The maximum absolute atomic E-state index is 5.34. The molecule has 0 spiro atoms. The Morgan fingerprint density at radius 1 is 0.290 bits per heavy atom. The topological polar surface area (TPSA) is 48.5 Å². The molecular formula is C63H39N5S. The first-order chi connectivity index (χ1) is 34.2. The van der Waals surface area contributed by atoms with Gasteiger partial charge in [0.05, 0.1) is 37.2 Å². The van der Waals surface area contributed by atoms with Gasteiger partial charge >= 0.3 is 0 Å². The highest BCUT2D eigenvalue weighted by molar-refractivity contribution is 7.27. The van der Waals surface area contributed by atoms with Crippen LogP contribution in [0, 0.1) is 0 Å². The van der Waals surface area contributed by atoms with Gasteiger partial charge in [-0.05, 0) is 64.7 Å². The Balaban J connectivity index is 1.01. The zero-order valence-electron chi connectivity index (χ0n) is 37.2. The van der Waals surface area contributed by atoms with E-state index in [1.165, 1.54) is 69.4 Å². The summed E-state index contributed by atoms with van der Waals surface area (Å²) in [6.07, 6.45) is 0. The highest BCUT2D eigenvalue weighted by Crippen LogP contribution is 2.48. The molecule has 0 radical (unpaired) electrons. The Labute approximate surface area is 401 Å². The number of fused-ring (bicyclic) bond motifs is 11. The molecule has 0 amide bonds. The number of hydrogen-bond donors (Lipinski definition) is 0. The molecule has 6 heteroatoms. The average Bonchev–Trinajstić information content (AvgIpc) is 4.10. The SMILES string of the molecule is c1ccc(-c2ccc(-n3c4ccccc4c4ccc5c6ccc7c8ccccc8n(-c8ccccc8-c8nc(-c9ccccc9)nc(-c9cccc(-c%10ccccc%10)c9)n8)c7c6sc5c43)cc2)cc1. The van der Waals surface area contributed by atoms with Crippen molar-refractivity contribution in [1.82, 2.24) is 24.1 Å². The summed E-state index contributed by atoms with van der Waals surface area (Å²) in [5.41, 5.74) is 14.3. The van der Waals surface area contributed by atoms with Gasteiger partial charge in [-0.2, -0.15) is 0 Å². The lowest BCUT2D eigenvalue weighted by Crippen LogP contribution is -2.03. The summed E-state index contributed by atoms with van der Waals surface area (Å²) in [5, 5.41) is 7.35. The molecule has 14 aromatic rings. The fourth-order valence-electron chi connectivity index (χ4n) is 10.4. The summed E-state index contributed by atoms with van der Waals surface area (Å²) in [6.45, 7) is 0. The Morgan fingerprint density at radius 3 is 1.39 bits per heavy atom. The van der Waals surface area contributed by atoms with Crippen LogP contribution in [0.25, 0.3) is 132 Å². The van der Waals surface area contributed by atoms with Crippen molar-refractivity contribution in [3.63, 3.8) is 0 Å². The van der Waals surface area contributed by atoms with Crippen molar-refractivity contribution < 1.29 is 0 Å². The summed E-state index contributed by atoms with van der Waals surface area (Å²) < 4.78 is 7.42. The van der Waals surface area contributed by atoms with Crippen LogP contribution in [0.15, 0.2) is 237 Å². The number of benzene rings is 10. The number of rotatable bonds is 7. The maximum atomic E-state index is 5.34. The zero-order chi connectivity index (χ0) is 45.4.